The average molecular weight is 720 g/mol. The normalized spacial score (nSPS) is 11.9. The monoisotopic (exact) mass is 719 g/mol. The summed E-state index contributed by atoms with van der Waals surface area (Å²) in [4.78, 5) is 14.4. The summed E-state index contributed by atoms with van der Waals surface area (Å²) >= 11 is 1.76. The Labute approximate surface area is 318 Å². The van der Waals surface area contributed by atoms with Crippen LogP contribution in [0.1, 0.15) is 28.1 Å². The predicted molar refractivity (Wildman–Crippen MR) is 227 cm³/mol. The average Bonchev–Trinajstić information content (AvgIpc) is 4.05. The number of aliphatic imine (C=N–C) groups is 1. The van der Waals surface area contributed by atoms with E-state index in [-0.39, 0.29) is 0 Å². The third kappa shape index (κ3) is 6.10. The Hall–Kier alpha value is -6.50. The van der Waals surface area contributed by atoms with Gasteiger partial charge in [0, 0.05) is 54.5 Å². The van der Waals surface area contributed by atoms with Gasteiger partial charge in [-0.05, 0) is 103 Å². The minimum atomic E-state index is 0.810. The zero-order valence-corrected chi connectivity index (χ0v) is 31.3. The Kier molecular flexibility index (Phi) is 8.53. The minimum absolute atomic E-state index is 0.810. The standard InChI is InChI=1S/C48H37N3O2S/c1-29-5-9-31(10-6-29)45-35-27-42(49-28-35)46(32-11-7-30(2)8-12-32)39-22-24-41(51-39)48(34-15-19-37(53-4)20-16-34)44-26-25-43(54-44)47(40-23-21-38(45)50-40)33-13-17-36(52-3)18-14-33/h5-28,51H,1-4H3. The lowest BCUT2D eigenvalue weighted by molar-refractivity contribution is 0.415. The van der Waals surface area contributed by atoms with E-state index in [1.807, 2.05) is 30.5 Å². The number of hydrogen-bond donors (Lipinski definition) is 1. The molecule has 0 unspecified atom stereocenters. The van der Waals surface area contributed by atoms with Crippen LogP contribution in [0.5, 0.6) is 11.5 Å². The van der Waals surface area contributed by atoms with Crippen LogP contribution in [0, 0.1) is 13.8 Å². The molecule has 6 heteroatoms. The molecule has 0 atom stereocenters. The van der Waals surface area contributed by atoms with Crippen molar-refractivity contribution in [3.05, 3.63) is 155 Å². The molecule has 7 aromatic rings. The highest BCUT2D eigenvalue weighted by Crippen LogP contribution is 2.42. The third-order valence-electron chi connectivity index (χ3n) is 10.1. The topological polar surface area (TPSA) is 59.5 Å². The summed E-state index contributed by atoms with van der Waals surface area (Å²) in [5.74, 6) is 1.62. The molecule has 0 fully saturated rings. The first-order chi connectivity index (χ1) is 26.4. The maximum atomic E-state index is 5.55. The number of H-pyrrole nitrogens is 1. The highest BCUT2D eigenvalue weighted by atomic mass is 32.1. The molecule has 2 aliphatic rings. The van der Waals surface area contributed by atoms with E-state index in [2.05, 4.69) is 134 Å². The van der Waals surface area contributed by atoms with E-state index in [1.165, 1.54) is 11.1 Å². The number of hydrogen-bond acceptors (Lipinski definition) is 5. The van der Waals surface area contributed by atoms with Crippen LogP contribution in [0.2, 0.25) is 0 Å². The summed E-state index contributed by atoms with van der Waals surface area (Å²) < 4.78 is 13.3. The van der Waals surface area contributed by atoms with Gasteiger partial charge in [-0.25, -0.2) is 4.98 Å². The van der Waals surface area contributed by atoms with Crippen LogP contribution in [-0.4, -0.2) is 30.4 Å². The first-order valence-electron chi connectivity index (χ1n) is 17.9. The molecular formula is C48H37N3O2S. The number of aryl methyl sites for hydroxylation is 2. The van der Waals surface area contributed by atoms with E-state index in [4.69, 9.17) is 19.5 Å². The van der Waals surface area contributed by atoms with Gasteiger partial charge in [0.25, 0.3) is 0 Å². The number of benzene rings is 4. The fourth-order valence-electron chi connectivity index (χ4n) is 7.27. The van der Waals surface area contributed by atoms with Crippen molar-refractivity contribution in [3.63, 3.8) is 0 Å². The van der Waals surface area contributed by atoms with Gasteiger partial charge >= 0.3 is 0 Å². The second kappa shape index (κ2) is 13.8. The number of nitrogens with zero attached hydrogens (tertiary/aromatic N) is 2. The highest BCUT2D eigenvalue weighted by Gasteiger charge is 2.19. The number of methoxy groups -OCH3 is 2. The number of fused-ring (bicyclic) bond motifs is 8. The number of rotatable bonds is 6. The van der Waals surface area contributed by atoms with Crippen LogP contribution in [0.25, 0.3) is 77.1 Å². The van der Waals surface area contributed by atoms with E-state index < -0.39 is 0 Å². The largest absolute Gasteiger partial charge is 0.497 e. The molecule has 9 rings (SSSR count). The molecule has 5 heterocycles. The Morgan fingerprint density at radius 1 is 0.500 bits per heavy atom. The molecule has 0 saturated heterocycles. The second-order valence-electron chi connectivity index (χ2n) is 13.6. The SMILES string of the molecule is COc1ccc(-c2c3nc(c(-c4ccc(C)cc4)c4cc(c(-c5ccc(C)cc5)c5ccc([nH]5)c(-c5ccc(OC)cc5)c5ccc2s5)N=C4)C=C3)cc1. The Balaban J connectivity index is 1.45. The van der Waals surface area contributed by atoms with Crippen LogP contribution in [0.15, 0.2) is 132 Å². The quantitative estimate of drug-likeness (QED) is 0.186. The molecule has 0 spiro atoms. The molecule has 1 N–H and O–H groups in total. The molecule has 2 aliphatic heterocycles. The summed E-state index contributed by atoms with van der Waals surface area (Å²) in [6.45, 7) is 4.23. The maximum absolute atomic E-state index is 5.55. The van der Waals surface area contributed by atoms with Crippen molar-refractivity contribution < 1.29 is 9.47 Å². The van der Waals surface area contributed by atoms with Gasteiger partial charge < -0.3 is 14.5 Å². The number of ether oxygens (including phenoxy) is 2. The molecule has 3 aromatic heterocycles. The van der Waals surface area contributed by atoms with E-state index >= 15 is 0 Å². The Morgan fingerprint density at radius 2 is 0.963 bits per heavy atom. The maximum Gasteiger partial charge on any atom is 0.118 e. The van der Waals surface area contributed by atoms with Crippen LogP contribution in [0.3, 0.4) is 0 Å². The summed E-state index contributed by atoms with van der Waals surface area (Å²) in [7, 11) is 3.39. The van der Waals surface area contributed by atoms with Crippen molar-refractivity contribution in [2.24, 2.45) is 4.99 Å². The number of aromatic amines is 1. The molecule has 0 saturated carbocycles. The van der Waals surface area contributed by atoms with Crippen molar-refractivity contribution in [3.8, 4) is 56.0 Å². The molecule has 5 nitrogen and oxygen atoms in total. The Morgan fingerprint density at radius 3 is 1.54 bits per heavy atom. The number of aromatic nitrogens is 2. The number of nitrogens with one attached hydrogen (secondary N) is 1. The first-order valence-corrected chi connectivity index (χ1v) is 18.8. The lowest BCUT2D eigenvalue weighted by Crippen LogP contribution is -1.90. The lowest BCUT2D eigenvalue weighted by Gasteiger charge is -2.07. The summed E-state index contributed by atoms with van der Waals surface area (Å²) in [6.07, 6.45) is 6.28. The van der Waals surface area contributed by atoms with Crippen molar-refractivity contribution >= 4 is 55.8 Å². The number of thiophene rings is 1. The zero-order valence-electron chi connectivity index (χ0n) is 30.5. The smallest absolute Gasteiger partial charge is 0.118 e. The van der Waals surface area contributed by atoms with Crippen molar-refractivity contribution in [2.75, 3.05) is 14.2 Å². The fraction of sp³-hybridized carbons (Fsp3) is 0.0833. The minimum Gasteiger partial charge on any atom is -0.497 e. The molecule has 0 amide bonds. The van der Waals surface area contributed by atoms with Gasteiger partial charge in [-0.15, -0.1) is 11.3 Å². The molecule has 262 valence electrons. The van der Waals surface area contributed by atoms with Gasteiger partial charge in [-0.1, -0.05) is 83.9 Å². The van der Waals surface area contributed by atoms with Crippen molar-refractivity contribution in [1.29, 1.82) is 0 Å². The molecule has 54 heavy (non-hydrogen) atoms. The first kappa shape index (κ1) is 33.3. The zero-order chi connectivity index (χ0) is 36.8. The molecule has 4 aromatic carbocycles. The van der Waals surface area contributed by atoms with Gasteiger partial charge in [-0.2, -0.15) is 0 Å². The van der Waals surface area contributed by atoms with Gasteiger partial charge in [-0.3, -0.25) is 4.99 Å². The highest BCUT2D eigenvalue weighted by molar-refractivity contribution is 7.24. The van der Waals surface area contributed by atoms with Crippen LogP contribution in [-0.2, 0) is 0 Å². The lowest BCUT2D eigenvalue weighted by atomic mass is 9.98. The fourth-order valence-corrected chi connectivity index (χ4v) is 8.44. The molecule has 0 radical (unpaired) electrons. The van der Waals surface area contributed by atoms with Crippen LogP contribution >= 0.6 is 11.3 Å². The van der Waals surface area contributed by atoms with Crippen LogP contribution < -0.4 is 9.47 Å². The van der Waals surface area contributed by atoms with Gasteiger partial charge in [0.1, 0.15) is 11.5 Å². The second-order valence-corrected chi connectivity index (χ2v) is 14.7. The van der Waals surface area contributed by atoms with Crippen LogP contribution in [0.4, 0.5) is 5.69 Å². The van der Waals surface area contributed by atoms with E-state index in [1.54, 1.807) is 25.6 Å². The van der Waals surface area contributed by atoms with E-state index in [0.717, 1.165) is 99.1 Å². The van der Waals surface area contributed by atoms with Gasteiger partial charge in [0.05, 0.1) is 31.3 Å². The molecule has 0 aliphatic carbocycles. The van der Waals surface area contributed by atoms with E-state index in [0.29, 0.717) is 0 Å². The molecule has 8 bridgehead atoms. The molecular weight excluding hydrogens is 683 g/mol. The van der Waals surface area contributed by atoms with Crippen molar-refractivity contribution in [2.45, 2.75) is 13.8 Å². The predicted octanol–water partition coefficient (Wildman–Crippen LogP) is 12.9. The van der Waals surface area contributed by atoms with E-state index in [9.17, 15) is 0 Å². The van der Waals surface area contributed by atoms with Gasteiger partial charge in [0.2, 0.25) is 0 Å². The van der Waals surface area contributed by atoms with Gasteiger partial charge in [0.15, 0.2) is 0 Å². The summed E-state index contributed by atoms with van der Waals surface area (Å²) in [5.41, 5.74) is 16.7. The third-order valence-corrected chi connectivity index (χ3v) is 11.2. The Bertz CT molecular complexity index is 2770. The van der Waals surface area contributed by atoms with Crippen molar-refractivity contribution in [1.82, 2.24) is 9.97 Å². The summed E-state index contributed by atoms with van der Waals surface area (Å²) in [5, 5.41) is 0. The summed E-state index contributed by atoms with van der Waals surface area (Å²) in [6, 6.07) is 44.9.